The Morgan fingerprint density at radius 1 is 1.14 bits per heavy atom. The van der Waals surface area contributed by atoms with E-state index >= 15 is 0 Å². The molecule has 1 aromatic carbocycles. The Morgan fingerprint density at radius 2 is 1.71 bits per heavy atom. The van der Waals surface area contributed by atoms with Gasteiger partial charge in [-0.2, -0.15) is 0 Å². The van der Waals surface area contributed by atoms with Gasteiger partial charge in [0.2, 0.25) is 0 Å². The topological polar surface area (TPSA) is 68.2 Å². The van der Waals surface area contributed by atoms with Gasteiger partial charge < -0.3 is 24.2 Å². The lowest BCUT2D eigenvalue weighted by Gasteiger charge is -2.23. The van der Waals surface area contributed by atoms with Crippen LogP contribution in [0.2, 0.25) is 0 Å². The number of nitrogens with zero attached hydrogens (tertiary/aromatic N) is 1. The van der Waals surface area contributed by atoms with Crippen molar-refractivity contribution in [1.29, 1.82) is 0 Å². The van der Waals surface area contributed by atoms with E-state index < -0.39 is 0 Å². The van der Waals surface area contributed by atoms with Crippen LogP contribution >= 0.6 is 0 Å². The van der Waals surface area contributed by atoms with E-state index in [1.165, 1.54) is 21.3 Å². The summed E-state index contributed by atoms with van der Waals surface area (Å²) in [6, 6.07) is 3.46. The molecule has 2 rings (SSSR count). The Balaban J connectivity index is 2.38. The van der Waals surface area contributed by atoms with Crippen molar-refractivity contribution in [3.63, 3.8) is 0 Å². The molecule has 1 aliphatic rings. The average molecular weight is 295 g/mol. The van der Waals surface area contributed by atoms with Crippen molar-refractivity contribution in [2.75, 3.05) is 34.5 Å². The molecule has 0 spiro atoms. The van der Waals surface area contributed by atoms with E-state index in [2.05, 4.69) is 0 Å². The third kappa shape index (κ3) is 3.21. The normalized spacial score (nSPS) is 13.7. The molecular formula is C15H21NO5. The van der Waals surface area contributed by atoms with E-state index in [0.29, 0.717) is 29.4 Å². The number of aliphatic hydroxyl groups excluding tert-OH is 1. The predicted octanol–water partition coefficient (Wildman–Crippen LogP) is 1.31. The molecule has 0 aromatic heterocycles. The van der Waals surface area contributed by atoms with Crippen LogP contribution in [-0.2, 0) is 0 Å². The van der Waals surface area contributed by atoms with E-state index in [1.54, 1.807) is 17.0 Å². The molecule has 0 saturated heterocycles. The minimum Gasteiger partial charge on any atom is -0.496 e. The number of amides is 1. The summed E-state index contributed by atoms with van der Waals surface area (Å²) < 4.78 is 15.7. The molecule has 1 amide bonds. The van der Waals surface area contributed by atoms with Crippen LogP contribution in [0.1, 0.15) is 23.2 Å². The van der Waals surface area contributed by atoms with Gasteiger partial charge in [-0.3, -0.25) is 4.79 Å². The lowest BCUT2D eigenvalue weighted by atomic mass is 10.1. The van der Waals surface area contributed by atoms with Crippen molar-refractivity contribution < 1.29 is 24.1 Å². The van der Waals surface area contributed by atoms with E-state index in [0.717, 1.165) is 12.8 Å². The summed E-state index contributed by atoms with van der Waals surface area (Å²) in [5.41, 5.74) is 0.413. The molecule has 0 unspecified atom stereocenters. The van der Waals surface area contributed by atoms with Crippen LogP contribution in [0.25, 0.3) is 0 Å². The number of carbonyl (C=O) groups excluding carboxylic acids is 1. The highest BCUT2D eigenvalue weighted by atomic mass is 16.5. The fraction of sp³-hybridized carbons (Fsp3) is 0.533. The zero-order valence-corrected chi connectivity index (χ0v) is 12.6. The number of aliphatic hydroxyl groups is 1. The van der Waals surface area contributed by atoms with E-state index in [-0.39, 0.29) is 18.6 Å². The van der Waals surface area contributed by atoms with E-state index in [9.17, 15) is 4.79 Å². The lowest BCUT2D eigenvalue weighted by Crippen LogP contribution is -2.35. The average Bonchev–Trinajstić information content (AvgIpc) is 3.35. The second-order valence-corrected chi connectivity index (χ2v) is 4.86. The fourth-order valence-corrected chi connectivity index (χ4v) is 2.29. The molecule has 1 fully saturated rings. The summed E-state index contributed by atoms with van der Waals surface area (Å²) in [7, 11) is 4.55. The van der Waals surface area contributed by atoms with Gasteiger partial charge in [-0.15, -0.1) is 0 Å². The summed E-state index contributed by atoms with van der Waals surface area (Å²) in [6.07, 6.45) is 1.95. The summed E-state index contributed by atoms with van der Waals surface area (Å²) in [4.78, 5) is 14.4. The van der Waals surface area contributed by atoms with Crippen LogP contribution in [0.5, 0.6) is 17.2 Å². The second-order valence-electron chi connectivity index (χ2n) is 4.86. The molecule has 0 heterocycles. The minimum absolute atomic E-state index is 0.0577. The van der Waals surface area contributed by atoms with Crippen LogP contribution in [0.15, 0.2) is 12.1 Å². The van der Waals surface area contributed by atoms with Crippen LogP contribution in [0, 0.1) is 0 Å². The van der Waals surface area contributed by atoms with Gasteiger partial charge in [0.05, 0.1) is 33.5 Å². The molecule has 0 aliphatic heterocycles. The maximum atomic E-state index is 12.7. The highest BCUT2D eigenvalue weighted by molar-refractivity contribution is 5.98. The Hall–Kier alpha value is -1.95. The number of hydrogen-bond acceptors (Lipinski definition) is 5. The Bertz CT molecular complexity index is 513. The Labute approximate surface area is 124 Å². The standard InChI is InChI=1S/C15H21NO5/c1-19-12-9-14(21-3)13(20-2)8-11(12)15(18)16(6-7-17)10-4-5-10/h8-10,17H,4-7H2,1-3H3. The summed E-state index contributed by atoms with van der Waals surface area (Å²) in [5.74, 6) is 1.25. The van der Waals surface area contributed by atoms with Gasteiger partial charge in [-0.05, 0) is 12.8 Å². The van der Waals surface area contributed by atoms with Crippen molar-refractivity contribution in [2.45, 2.75) is 18.9 Å². The number of ether oxygens (including phenoxy) is 3. The molecule has 116 valence electrons. The van der Waals surface area contributed by atoms with E-state index in [1.807, 2.05) is 0 Å². The zero-order valence-electron chi connectivity index (χ0n) is 12.6. The molecular weight excluding hydrogens is 274 g/mol. The number of rotatable bonds is 7. The quantitative estimate of drug-likeness (QED) is 0.821. The molecule has 6 nitrogen and oxygen atoms in total. The van der Waals surface area contributed by atoms with Crippen molar-refractivity contribution in [1.82, 2.24) is 4.90 Å². The van der Waals surface area contributed by atoms with Crippen LogP contribution in [-0.4, -0.2) is 56.4 Å². The highest BCUT2D eigenvalue weighted by Gasteiger charge is 2.34. The summed E-state index contributed by atoms with van der Waals surface area (Å²) in [6.45, 7) is 0.263. The van der Waals surface area contributed by atoms with Crippen molar-refractivity contribution >= 4 is 5.91 Å². The van der Waals surface area contributed by atoms with Crippen molar-refractivity contribution in [2.24, 2.45) is 0 Å². The summed E-state index contributed by atoms with van der Waals surface area (Å²) >= 11 is 0. The monoisotopic (exact) mass is 295 g/mol. The molecule has 1 aliphatic carbocycles. The Morgan fingerprint density at radius 3 is 2.19 bits per heavy atom. The molecule has 0 bridgehead atoms. The first kappa shape index (κ1) is 15.4. The molecule has 1 N–H and O–H groups in total. The SMILES string of the molecule is COc1cc(OC)c(C(=O)N(CCO)C2CC2)cc1OC. The molecule has 6 heteroatoms. The fourth-order valence-electron chi connectivity index (χ4n) is 2.29. The molecule has 0 atom stereocenters. The molecule has 0 radical (unpaired) electrons. The highest BCUT2D eigenvalue weighted by Crippen LogP contribution is 2.36. The van der Waals surface area contributed by atoms with Gasteiger partial charge >= 0.3 is 0 Å². The van der Waals surface area contributed by atoms with Crippen LogP contribution in [0.4, 0.5) is 0 Å². The maximum absolute atomic E-state index is 12.7. The first-order chi connectivity index (χ1) is 10.2. The van der Waals surface area contributed by atoms with E-state index in [4.69, 9.17) is 19.3 Å². The third-order valence-electron chi connectivity index (χ3n) is 3.53. The van der Waals surface area contributed by atoms with Gasteiger partial charge in [0.15, 0.2) is 11.5 Å². The lowest BCUT2D eigenvalue weighted by molar-refractivity contribution is 0.0704. The third-order valence-corrected chi connectivity index (χ3v) is 3.53. The number of methoxy groups -OCH3 is 3. The smallest absolute Gasteiger partial charge is 0.258 e. The second kappa shape index (κ2) is 6.67. The number of benzene rings is 1. The van der Waals surface area contributed by atoms with Gasteiger partial charge in [-0.25, -0.2) is 0 Å². The predicted molar refractivity (Wildman–Crippen MR) is 77.2 cm³/mol. The number of hydrogen-bond donors (Lipinski definition) is 1. The summed E-state index contributed by atoms with van der Waals surface area (Å²) in [5, 5.41) is 9.15. The Kier molecular flexibility index (Phi) is 4.90. The van der Waals surface area contributed by atoms with Crippen LogP contribution < -0.4 is 14.2 Å². The minimum atomic E-state index is -0.163. The zero-order chi connectivity index (χ0) is 15.4. The molecule has 1 aromatic rings. The first-order valence-electron chi connectivity index (χ1n) is 6.88. The van der Waals surface area contributed by atoms with Gasteiger partial charge in [-0.1, -0.05) is 0 Å². The first-order valence-corrected chi connectivity index (χ1v) is 6.88. The molecule has 21 heavy (non-hydrogen) atoms. The van der Waals surface area contributed by atoms with Gasteiger partial charge in [0.25, 0.3) is 5.91 Å². The van der Waals surface area contributed by atoms with Crippen molar-refractivity contribution in [3.05, 3.63) is 17.7 Å². The maximum Gasteiger partial charge on any atom is 0.258 e. The van der Waals surface area contributed by atoms with Crippen LogP contribution in [0.3, 0.4) is 0 Å². The van der Waals surface area contributed by atoms with Crippen molar-refractivity contribution in [3.8, 4) is 17.2 Å². The largest absolute Gasteiger partial charge is 0.496 e. The van der Waals surface area contributed by atoms with Gasteiger partial charge in [0.1, 0.15) is 5.75 Å². The number of carbonyl (C=O) groups is 1. The molecule has 1 saturated carbocycles. The van der Waals surface area contributed by atoms with Gasteiger partial charge in [0, 0.05) is 24.7 Å².